The van der Waals surface area contributed by atoms with Crippen molar-refractivity contribution in [2.24, 2.45) is 0 Å². The van der Waals surface area contributed by atoms with E-state index < -0.39 is 0 Å². The summed E-state index contributed by atoms with van der Waals surface area (Å²) in [6.45, 7) is 3.89. The maximum Gasteiger partial charge on any atom is 0.243 e. The van der Waals surface area contributed by atoms with Gasteiger partial charge in [-0.15, -0.1) is 0 Å². The molecule has 2 heterocycles. The van der Waals surface area contributed by atoms with Crippen LogP contribution in [0, 0.1) is 0 Å². The Labute approximate surface area is 151 Å². The Bertz CT molecular complexity index is 529. The van der Waals surface area contributed by atoms with Crippen molar-refractivity contribution >= 4 is 0 Å². The molecular formula is C19H34N4O2+2. The monoisotopic (exact) mass is 350 g/mol. The average molecular weight is 351 g/mol. The second-order valence-corrected chi connectivity index (χ2v) is 6.70. The number of hydrogen-bond donors (Lipinski definition) is 2. The summed E-state index contributed by atoms with van der Waals surface area (Å²) in [7, 11) is 0. The van der Waals surface area contributed by atoms with E-state index in [1.165, 1.54) is 44.9 Å². The summed E-state index contributed by atoms with van der Waals surface area (Å²) >= 11 is 0. The minimum absolute atomic E-state index is 0.196. The molecule has 0 fully saturated rings. The van der Waals surface area contributed by atoms with E-state index in [-0.39, 0.29) is 13.2 Å². The third kappa shape index (κ3) is 7.84. The van der Waals surface area contributed by atoms with Crippen LogP contribution in [0.3, 0.4) is 0 Å². The molecule has 0 saturated heterocycles. The van der Waals surface area contributed by atoms with E-state index >= 15 is 0 Å². The number of aliphatic hydroxyl groups is 2. The van der Waals surface area contributed by atoms with Gasteiger partial charge in [0.15, 0.2) is 0 Å². The van der Waals surface area contributed by atoms with E-state index in [0.29, 0.717) is 13.1 Å². The standard InChI is InChI=1S/C19H34N4O2/c24-16-14-22-12-10-20(18-22)8-6-4-2-1-3-5-7-9-21-11-13-23(19-21)15-17-25/h10-13,18-19,24-25H,1-9,14-17H2/q+2. The van der Waals surface area contributed by atoms with Gasteiger partial charge in [-0.1, -0.05) is 19.3 Å². The predicted octanol–water partition coefficient (Wildman–Crippen LogP) is 1.28. The van der Waals surface area contributed by atoms with Crippen LogP contribution in [0.15, 0.2) is 37.4 Å². The van der Waals surface area contributed by atoms with E-state index in [1.807, 2.05) is 21.5 Å². The van der Waals surface area contributed by atoms with Crippen LogP contribution in [-0.2, 0) is 26.2 Å². The number of nitrogens with zero attached hydrogens (tertiary/aromatic N) is 4. The van der Waals surface area contributed by atoms with Gasteiger partial charge in [0.1, 0.15) is 37.9 Å². The molecular weight excluding hydrogens is 316 g/mol. The number of aliphatic hydroxyl groups excluding tert-OH is 2. The highest BCUT2D eigenvalue weighted by molar-refractivity contribution is 4.66. The quantitative estimate of drug-likeness (QED) is 0.398. The van der Waals surface area contributed by atoms with Crippen LogP contribution < -0.4 is 9.13 Å². The fourth-order valence-electron chi connectivity index (χ4n) is 3.11. The predicted molar refractivity (Wildman–Crippen MR) is 95.7 cm³/mol. The first-order chi connectivity index (χ1) is 12.3. The van der Waals surface area contributed by atoms with Gasteiger partial charge in [-0.05, 0) is 25.7 Å². The SMILES string of the molecule is OCCn1cc[n+](CCCCCCCCC[n+]2ccn(CCO)c2)c1. The minimum atomic E-state index is 0.196. The fraction of sp³-hybridized carbons (Fsp3) is 0.684. The zero-order valence-corrected chi connectivity index (χ0v) is 15.3. The van der Waals surface area contributed by atoms with Crippen molar-refractivity contribution in [3.63, 3.8) is 0 Å². The largest absolute Gasteiger partial charge is 0.392 e. The molecule has 0 amide bonds. The van der Waals surface area contributed by atoms with Gasteiger partial charge in [-0.3, -0.25) is 0 Å². The molecule has 0 bridgehead atoms. The van der Waals surface area contributed by atoms with Gasteiger partial charge in [-0.2, -0.15) is 0 Å². The first-order valence-electron chi connectivity index (χ1n) is 9.63. The molecule has 0 atom stereocenters. The number of aromatic nitrogens is 4. The highest BCUT2D eigenvalue weighted by Gasteiger charge is 2.03. The number of aryl methyl sites for hydroxylation is 2. The van der Waals surface area contributed by atoms with Gasteiger partial charge in [0, 0.05) is 0 Å². The Morgan fingerprint density at radius 3 is 1.40 bits per heavy atom. The number of hydrogen-bond acceptors (Lipinski definition) is 2. The van der Waals surface area contributed by atoms with Crippen molar-refractivity contribution in [2.75, 3.05) is 13.2 Å². The zero-order chi connectivity index (χ0) is 17.7. The van der Waals surface area contributed by atoms with Crippen LogP contribution in [-0.4, -0.2) is 32.6 Å². The molecule has 140 valence electrons. The molecule has 0 aliphatic heterocycles. The van der Waals surface area contributed by atoms with Crippen molar-refractivity contribution in [3.05, 3.63) is 37.4 Å². The van der Waals surface area contributed by atoms with Crippen LogP contribution in [0.4, 0.5) is 0 Å². The normalized spacial score (nSPS) is 11.3. The molecule has 6 nitrogen and oxygen atoms in total. The molecule has 2 aromatic rings. The summed E-state index contributed by atoms with van der Waals surface area (Å²) in [5, 5.41) is 17.8. The maximum atomic E-state index is 8.91. The first kappa shape index (κ1) is 19.7. The van der Waals surface area contributed by atoms with Crippen LogP contribution in [0.2, 0.25) is 0 Å². The number of unbranched alkanes of at least 4 members (excludes halogenated alkanes) is 6. The van der Waals surface area contributed by atoms with Gasteiger partial charge in [0.05, 0.1) is 26.3 Å². The summed E-state index contributed by atoms with van der Waals surface area (Å²) < 4.78 is 8.46. The molecule has 2 rings (SSSR count). The highest BCUT2D eigenvalue weighted by atomic mass is 16.3. The van der Waals surface area contributed by atoms with Gasteiger partial charge in [-0.25, -0.2) is 18.3 Å². The summed E-state index contributed by atoms with van der Waals surface area (Å²) in [4.78, 5) is 0. The lowest BCUT2D eigenvalue weighted by atomic mass is 10.1. The van der Waals surface area contributed by atoms with Crippen LogP contribution in [0.5, 0.6) is 0 Å². The molecule has 0 unspecified atom stereocenters. The Morgan fingerprint density at radius 2 is 1.00 bits per heavy atom. The zero-order valence-electron chi connectivity index (χ0n) is 15.3. The van der Waals surface area contributed by atoms with Crippen molar-refractivity contribution in [1.82, 2.24) is 9.13 Å². The van der Waals surface area contributed by atoms with Crippen molar-refractivity contribution < 1.29 is 19.3 Å². The molecule has 2 aromatic heterocycles. The van der Waals surface area contributed by atoms with E-state index in [9.17, 15) is 0 Å². The summed E-state index contributed by atoms with van der Waals surface area (Å²) in [6.07, 6.45) is 21.3. The molecule has 0 aromatic carbocycles. The summed E-state index contributed by atoms with van der Waals surface area (Å²) in [5.74, 6) is 0. The van der Waals surface area contributed by atoms with Crippen LogP contribution >= 0.6 is 0 Å². The molecule has 0 aliphatic carbocycles. The van der Waals surface area contributed by atoms with Gasteiger partial charge in [0.25, 0.3) is 0 Å². The Kier molecular flexibility index (Phi) is 9.29. The van der Waals surface area contributed by atoms with Gasteiger partial charge < -0.3 is 10.2 Å². The number of imidazole rings is 2. The molecule has 25 heavy (non-hydrogen) atoms. The summed E-state index contributed by atoms with van der Waals surface area (Å²) in [5.41, 5.74) is 0. The molecule has 2 N–H and O–H groups in total. The third-order valence-electron chi connectivity index (χ3n) is 4.54. The Hall–Kier alpha value is -1.66. The van der Waals surface area contributed by atoms with Gasteiger partial charge >= 0.3 is 0 Å². The highest BCUT2D eigenvalue weighted by Crippen LogP contribution is 2.07. The molecule has 0 aliphatic rings. The van der Waals surface area contributed by atoms with Crippen LogP contribution in [0.1, 0.15) is 44.9 Å². The lowest BCUT2D eigenvalue weighted by Gasteiger charge is -2.01. The number of rotatable bonds is 14. The second kappa shape index (κ2) is 11.8. The Morgan fingerprint density at radius 1 is 0.600 bits per heavy atom. The van der Waals surface area contributed by atoms with Gasteiger partial charge in [0.2, 0.25) is 12.7 Å². The first-order valence-corrected chi connectivity index (χ1v) is 9.63. The lowest BCUT2D eigenvalue weighted by molar-refractivity contribution is -0.697. The van der Waals surface area contributed by atoms with Crippen molar-refractivity contribution in [3.8, 4) is 0 Å². The summed E-state index contributed by atoms with van der Waals surface area (Å²) in [6, 6.07) is 0. The Balaban J connectivity index is 1.42. The van der Waals surface area contributed by atoms with E-state index in [0.717, 1.165) is 13.1 Å². The average Bonchev–Trinajstić information content (AvgIpc) is 3.24. The fourth-order valence-corrected chi connectivity index (χ4v) is 3.11. The molecule has 0 radical (unpaired) electrons. The van der Waals surface area contributed by atoms with Crippen LogP contribution in [0.25, 0.3) is 0 Å². The van der Waals surface area contributed by atoms with E-state index in [4.69, 9.17) is 10.2 Å². The van der Waals surface area contributed by atoms with E-state index in [2.05, 4.69) is 34.2 Å². The lowest BCUT2D eigenvalue weighted by Crippen LogP contribution is -2.31. The molecule has 6 heteroatoms. The van der Waals surface area contributed by atoms with Crippen molar-refractivity contribution in [2.45, 2.75) is 71.1 Å². The molecule has 0 saturated carbocycles. The second-order valence-electron chi connectivity index (χ2n) is 6.70. The van der Waals surface area contributed by atoms with E-state index in [1.54, 1.807) is 0 Å². The molecule has 0 spiro atoms. The smallest absolute Gasteiger partial charge is 0.243 e. The topological polar surface area (TPSA) is 58.1 Å². The van der Waals surface area contributed by atoms with Crippen molar-refractivity contribution in [1.29, 1.82) is 0 Å². The third-order valence-corrected chi connectivity index (χ3v) is 4.54. The minimum Gasteiger partial charge on any atom is -0.392 e. The maximum absolute atomic E-state index is 8.91.